The van der Waals surface area contributed by atoms with Crippen molar-refractivity contribution in [2.75, 3.05) is 20.8 Å². The molecule has 1 heterocycles. The van der Waals surface area contributed by atoms with Crippen molar-refractivity contribution >= 4 is 11.5 Å². The van der Waals surface area contributed by atoms with Crippen molar-refractivity contribution in [1.82, 2.24) is 0 Å². The van der Waals surface area contributed by atoms with Crippen molar-refractivity contribution in [3.05, 3.63) is 137 Å². The molecule has 5 nitrogen and oxygen atoms in total. The molecule has 5 heteroatoms. The highest BCUT2D eigenvalue weighted by atomic mass is 16.5. The van der Waals surface area contributed by atoms with Crippen LogP contribution in [0.3, 0.4) is 0 Å². The molecule has 0 N–H and O–H groups in total. The lowest BCUT2D eigenvalue weighted by atomic mass is 9.81. The molecule has 0 fully saturated rings. The predicted molar refractivity (Wildman–Crippen MR) is 153 cm³/mol. The predicted octanol–water partition coefficient (Wildman–Crippen LogP) is 7.48. The minimum atomic E-state index is -0.149. The highest BCUT2D eigenvalue weighted by molar-refractivity contribution is 6.05. The monoisotopic (exact) mass is 518 g/mol. The Morgan fingerprint density at radius 1 is 0.846 bits per heavy atom. The van der Waals surface area contributed by atoms with Crippen molar-refractivity contribution in [2.24, 2.45) is 0 Å². The first-order valence-corrected chi connectivity index (χ1v) is 12.9. The summed E-state index contributed by atoms with van der Waals surface area (Å²) in [6.45, 7) is 2.50. The number of allylic oxidation sites excluding steroid dienone is 3. The van der Waals surface area contributed by atoms with E-state index < -0.39 is 0 Å². The summed E-state index contributed by atoms with van der Waals surface area (Å²) in [5.74, 6) is 3.12. The summed E-state index contributed by atoms with van der Waals surface area (Å²) in [5.41, 5.74) is 4.39. The Kier molecular flexibility index (Phi) is 7.78. The zero-order valence-corrected chi connectivity index (χ0v) is 22.2. The summed E-state index contributed by atoms with van der Waals surface area (Å²) in [6.07, 6.45) is 3.48. The summed E-state index contributed by atoms with van der Waals surface area (Å²) in [7, 11) is 3.21. The van der Waals surface area contributed by atoms with E-state index in [1.165, 1.54) is 0 Å². The molecule has 1 unspecified atom stereocenters. The van der Waals surface area contributed by atoms with Crippen molar-refractivity contribution in [3.8, 4) is 23.0 Å². The molecular formula is C34H30O5. The van der Waals surface area contributed by atoms with Gasteiger partial charge in [0.05, 0.1) is 20.8 Å². The van der Waals surface area contributed by atoms with Crippen LogP contribution < -0.4 is 18.9 Å². The van der Waals surface area contributed by atoms with E-state index in [4.69, 9.17) is 18.9 Å². The van der Waals surface area contributed by atoms with Gasteiger partial charge in [-0.3, -0.25) is 4.79 Å². The highest BCUT2D eigenvalue weighted by Gasteiger charge is 2.31. The number of fused-ring (bicyclic) bond motifs is 1. The van der Waals surface area contributed by atoms with Gasteiger partial charge in [-0.25, -0.2) is 0 Å². The van der Waals surface area contributed by atoms with Gasteiger partial charge in [-0.05, 0) is 67.1 Å². The van der Waals surface area contributed by atoms with E-state index in [0.29, 0.717) is 29.4 Å². The largest absolute Gasteiger partial charge is 0.494 e. The van der Waals surface area contributed by atoms with Crippen LogP contribution in [0.2, 0.25) is 0 Å². The lowest BCUT2D eigenvalue weighted by Gasteiger charge is -2.30. The Labute approximate surface area is 228 Å². The Bertz CT molecular complexity index is 1520. The molecule has 0 radical (unpaired) electrons. The maximum atomic E-state index is 13.2. The molecule has 5 rings (SSSR count). The van der Waals surface area contributed by atoms with Gasteiger partial charge in [-0.15, -0.1) is 0 Å². The molecule has 0 aromatic heterocycles. The van der Waals surface area contributed by atoms with E-state index in [1.807, 2.05) is 79.7 Å². The molecule has 0 aliphatic carbocycles. The van der Waals surface area contributed by atoms with E-state index in [0.717, 1.165) is 33.8 Å². The average molecular weight is 519 g/mol. The summed E-state index contributed by atoms with van der Waals surface area (Å²) in [6, 6.07) is 31.1. The second-order valence-corrected chi connectivity index (χ2v) is 8.99. The minimum absolute atomic E-state index is 0.108. The number of hydrogen-bond donors (Lipinski definition) is 0. The number of rotatable bonds is 9. The van der Waals surface area contributed by atoms with Gasteiger partial charge in [0, 0.05) is 28.2 Å². The van der Waals surface area contributed by atoms with Gasteiger partial charge < -0.3 is 18.9 Å². The van der Waals surface area contributed by atoms with Crippen molar-refractivity contribution in [1.29, 1.82) is 0 Å². The van der Waals surface area contributed by atoms with Gasteiger partial charge in [0.25, 0.3) is 0 Å². The zero-order valence-electron chi connectivity index (χ0n) is 22.2. The molecule has 0 spiro atoms. The first-order chi connectivity index (χ1) is 19.1. The molecule has 1 aliphatic heterocycles. The Hall–Kier alpha value is -4.77. The third-order valence-electron chi connectivity index (χ3n) is 6.66. The molecule has 4 aromatic rings. The molecule has 4 aromatic carbocycles. The van der Waals surface area contributed by atoms with Gasteiger partial charge >= 0.3 is 0 Å². The SMILES string of the molecule is CCOc1ccc(C(=O)C=CC2=C(c3ccc(OC)c(OC)c3)Oc3ccccc3C2c2ccccc2)cc1. The van der Waals surface area contributed by atoms with E-state index >= 15 is 0 Å². The van der Waals surface area contributed by atoms with Crippen LogP contribution in [0.15, 0.2) is 115 Å². The van der Waals surface area contributed by atoms with Crippen LogP contribution >= 0.6 is 0 Å². The van der Waals surface area contributed by atoms with Crippen LogP contribution in [0, 0.1) is 0 Å². The van der Waals surface area contributed by atoms with E-state index in [1.54, 1.807) is 32.4 Å². The third-order valence-corrected chi connectivity index (χ3v) is 6.66. The molecule has 1 atom stereocenters. The number of benzene rings is 4. The topological polar surface area (TPSA) is 54.0 Å². The number of ether oxygens (including phenoxy) is 4. The lowest BCUT2D eigenvalue weighted by molar-refractivity contribution is 0.104. The Morgan fingerprint density at radius 2 is 1.56 bits per heavy atom. The molecular weight excluding hydrogens is 488 g/mol. The van der Waals surface area contributed by atoms with E-state index in [2.05, 4.69) is 18.2 Å². The second kappa shape index (κ2) is 11.7. The van der Waals surface area contributed by atoms with Crippen LogP contribution in [-0.4, -0.2) is 26.6 Å². The average Bonchev–Trinajstić information content (AvgIpc) is 2.99. The van der Waals surface area contributed by atoms with Gasteiger partial charge in [0.1, 0.15) is 17.3 Å². The van der Waals surface area contributed by atoms with Crippen molar-refractivity contribution in [2.45, 2.75) is 12.8 Å². The molecule has 1 aliphatic rings. The quantitative estimate of drug-likeness (QED) is 0.170. The number of ketones is 1. The molecule has 196 valence electrons. The number of methoxy groups -OCH3 is 2. The zero-order chi connectivity index (χ0) is 27.2. The molecule has 0 bridgehead atoms. The fourth-order valence-corrected chi connectivity index (χ4v) is 4.80. The van der Waals surface area contributed by atoms with Crippen molar-refractivity contribution in [3.63, 3.8) is 0 Å². The number of carbonyl (C=O) groups excluding carboxylic acids is 1. The third kappa shape index (κ3) is 5.43. The maximum Gasteiger partial charge on any atom is 0.185 e. The smallest absolute Gasteiger partial charge is 0.185 e. The maximum absolute atomic E-state index is 13.2. The van der Waals surface area contributed by atoms with Crippen LogP contribution in [0.25, 0.3) is 5.76 Å². The molecule has 39 heavy (non-hydrogen) atoms. The van der Waals surface area contributed by atoms with Crippen LogP contribution in [0.5, 0.6) is 23.0 Å². The standard InChI is InChI=1S/C34H30O5/c1-4-38-26-17-14-23(15-18-26)29(35)20-19-28-33(24-10-6-5-7-11-24)27-12-8-9-13-30(27)39-34(28)25-16-21-31(36-2)32(22-25)37-3/h5-22,33H,4H2,1-3H3. The molecule has 0 saturated carbocycles. The van der Waals surface area contributed by atoms with Gasteiger partial charge in [-0.2, -0.15) is 0 Å². The number of hydrogen-bond acceptors (Lipinski definition) is 5. The fourth-order valence-electron chi connectivity index (χ4n) is 4.80. The van der Waals surface area contributed by atoms with E-state index in [-0.39, 0.29) is 11.7 Å². The summed E-state index contributed by atoms with van der Waals surface area (Å²) in [5, 5.41) is 0. The van der Waals surface area contributed by atoms with Crippen LogP contribution in [0.1, 0.15) is 39.9 Å². The first-order valence-electron chi connectivity index (χ1n) is 12.9. The van der Waals surface area contributed by atoms with Gasteiger partial charge in [0.15, 0.2) is 17.3 Å². The lowest BCUT2D eigenvalue weighted by Crippen LogP contribution is -2.16. The van der Waals surface area contributed by atoms with Crippen LogP contribution in [-0.2, 0) is 0 Å². The van der Waals surface area contributed by atoms with Gasteiger partial charge in [0.2, 0.25) is 0 Å². The fraction of sp³-hybridized carbons (Fsp3) is 0.147. The van der Waals surface area contributed by atoms with Gasteiger partial charge in [-0.1, -0.05) is 54.6 Å². The van der Waals surface area contributed by atoms with E-state index in [9.17, 15) is 4.79 Å². The Morgan fingerprint density at radius 3 is 2.28 bits per heavy atom. The summed E-state index contributed by atoms with van der Waals surface area (Å²) < 4.78 is 23.1. The highest BCUT2D eigenvalue weighted by Crippen LogP contribution is 2.47. The summed E-state index contributed by atoms with van der Waals surface area (Å²) in [4.78, 5) is 13.2. The Balaban J connectivity index is 1.65. The number of carbonyl (C=O) groups is 1. The second-order valence-electron chi connectivity index (χ2n) is 8.99. The summed E-state index contributed by atoms with van der Waals surface area (Å²) >= 11 is 0. The van der Waals surface area contributed by atoms with Crippen molar-refractivity contribution < 1.29 is 23.7 Å². The normalized spacial score (nSPS) is 14.5. The molecule has 0 amide bonds. The number of para-hydroxylation sites is 1. The first kappa shape index (κ1) is 25.9. The molecule has 0 saturated heterocycles. The van der Waals surface area contributed by atoms with Crippen LogP contribution in [0.4, 0.5) is 0 Å². The minimum Gasteiger partial charge on any atom is -0.494 e.